The molecule has 1 aliphatic rings. The van der Waals surface area contributed by atoms with Crippen molar-refractivity contribution in [3.05, 3.63) is 46.3 Å². The summed E-state index contributed by atoms with van der Waals surface area (Å²) in [6, 6.07) is 8.96. The second kappa shape index (κ2) is 5.95. The molecular weight excluding hydrogens is 278 g/mol. The van der Waals surface area contributed by atoms with Gasteiger partial charge < -0.3 is 9.73 Å². The van der Waals surface area contributed by atoms with Crippen LogP contribution in [0.4, 0.5) is 0 Å². The highest BCUT2D eigenvalue weighted by Gasteiger charge is 2.29. The van der Waals surface area contributed by atoms with Crippen LogP contribution in [-0.2, 0) is 0 Å². The van der Waals surface area contributed by atoms with Crippen LogP contribution in [0.1, 0.15) is 43.5 Å². The SMILES string of the molecule is C[C@H]1[C@@H](NC(=O)c2cc3ccccc3oc2=O)CCC[C@@H]1C. The zero-order valence-corrected chi connectivity index (χ0v) is 13.0. The lowest BCUT2D eigenvalue weighted by Gasteiger charge is -2.34. The minimum absolute atomic E-state index is 0.0872. The monoisotopic (exact) mass is 299 g/mol. The van der Waals surface area contributed by atoms with Crippen LogP contribution in [0.5, 0.6) is 0 Å². The molecule has 0 unspecified atom stereocenters. The standard InChI is InChI=1S/C18H21NO3/c1-11-6-5-8-15(12(11)2)19-17(20)14-10-13-7-3-4-9-16(13)22-18(14)21/h3-4,7,9-12,15H,5-6,8H2,1-2H3,(H,19,20)/t11-,12+,15-/m0/s1. The zero-order valence-electron chi connectivity index (χ0n) is 13.0. The third-order valence-corrected chi connectivity index (χ3v) is 4.91. The molecule has 1 saturated carbocycles. The van der Waals surface area contributed by atoms with Crippen LogP contribution < -0.4 is 10.9 Å². The molecule has 4 nitrogen and oxygen atoms in total. The van der Waals surface area contributed by atoms with Crippen LogP contribution in [0.25, 0.3) is 11.0 Å². The summed E-state index contributed by atoms with van der Waals surface area (Å²) in [6.07, 6.45) is 3.28. The maximum Gasteiger partial charge on any atom is 0.349 e. The van der Waals surface area contributed by atoms with Gasteiger partial charge >= 0.3 is 5.63 Å². The number of hydrogen-bond donors (Lipinski definition) is 1. The summed E-state index contributed by atoms with van der Waals surface area (Å²) in [5.74, 6) is 0.683. The van der Waals surface area contributed by atoms with Gasteiger partial charge in [-0.25, -0.2) is 4.79 Å². The summed E-state index contributed by atoms with van der Waals surface area (Å²) in [6.45, 7) is 4.38. The first-order valence-electron chi connectivity index (χ1n) is 7.90. The largest absolute Gasteiger partial charge is 0.422 e. The average Bonchev–Trinajstić information content (AvgIpc) is 2.51. The fourth-order valence-electron chi connectivity index (χ4n) is 3.25. The lowest BCUT2D eigenvalue weighted by atomic mass is 9.78. The van der Waals surface area contributed by atoms with Gasteiger partial charge in [0.15, 0.2) is 0 Å². The molecule has 1 heterocycles. The predicted octanol–water partition coefficient (Wildman–Crippen LogP) is 3.35. The lowest BCUT2D eigenvalue weighted by Crippen LogP contribution is -2.44. The highest BCUT2D eigenvalue weighted by molar-refractivity contribution is 5.96. The Kier molecular flexibility index (Phi) is 4.01. The van der Waals surface area contributed by atoms with Crippen LogP contribution in [0, 0.1) is 11.8 Å². The van der Waals surface area contributed by atoms with Gasteiger partial charge in [-0.1, -0.05) is 44.9 Å². The minimum Gasteiger partial charge on any atom is -0.422 e. The Hall–Kier alpha value is -2.10. The van der Waals surface area contributed by atoms with Crippen molar-refractivity contribution in [2.75, 3.05) is 0 Å². The summed E-state index contributed by atoms with van der Waals surface area (Å²) in [4.78, 5) is 24.5. The number of para-hydroxylation sites is 1. The Morgan fingerprint density at radius 2 is 2.00 bits per heavy atom. The van der Waals surface area contributed by atoms with Crippen molar-refractivity contribution in [1.82, 2.24) is 5.32 Å². The van der Waals surface area contributed by atoms with Crippen molar-refractivity contribution in [2.45, 2.75) is 39.2 Å². The van der Waals surface area contributed by atoms with Gasteiger partial charge in [0.2, 0.25) is 0 Å². The number of benzene rings is 1. The summed E-state index contributed by atoms with van der Waals surface area (Å²) in [5, 5.41) is 3.78. The number of fused-ring (bicyclic) bond motifs is 1. The van der Waals surface area contributed by atoms with Gasteiger partial charge in [0.1, 0.15) is 11.1 Å². The summed E-state index contributed by atoms with van der Waals surface area (Å²) in [5.41, 5.74) is 0.0144. The minimum atomic E-state index is -0.576. The molecule has 1 amide bonds. The van der Waals surface area contributed by atoms with Crippen molar-refractivity contribution in [3.8, 4) is 0 Å². The second-order valence-corrected chi connectivity index (χ2v) is 6.33. The molecule has 0 aliphatic heterocycles. The van der Waals surface area contributed by atoms with Crippen LogP contribution >= 0.6 is 0 Å². The van der Waals surface area contributed by atoms with Gasteiger partial charge in [0.25, 0.3) is 5.91 Å². The van der Waals surface area contributed by atoms with E-state index in [0.29, 0.717) is 17.4 Å². The normalized spacial score (nSPS) is 25.1. The molecule has 0 saturated heterocycles. The Morgan fingerprint density at radius 3 is 2.82 bits per heavy atom. The Bertz CT molecular complexity index is 749. The van der Waals surface area contributed by atoms with Gasteiger partial charge in [0, 0.05) is 11.4 Å². The van der Waals surface area contributed by atoms with E-state index in [1.54, 1.807) is 18.2 Å². The number of hydrogen-bond acceptors (Lipinski definition) is 3. The molecule has 1 aromatic carbocycles. The molecule has 3 atom stereocenters. The first kappa shape index (κ1) is 14.8. The molecule has 1 aliphatic carbocycles. The number of carbonyl (C=O) groups is 1. The van der Waals surface area contributed by atoms with Crippen LogP contribution in [0.2, 0.25) is 0 Å². The van der Waals surface area contributed by atoms with E-state index in [4.69, 9.17) is 4.42 Å². The Morgan fingerprint density at radius 1 is 1.23 bits per heavy atom. The molecule has 0 bridgehead atoms. The van der Waals surface area contributed by atoms with Gasteiger partial charge in [-0.2, -0.15) is 0 Å². The molecule has 1 aromatic heterocycles. The quantitative estimate of drug-likeness (QED) is 0.865. The van der Waals surface area contributed by atoms with E-state index < -0.39 is 5.63 Å². The first-order chi connectivity index (χ1) is 10.6. The van der Waals surface area contributed by atoms with Gasteiger partial charge in [-0.05, 0) is 30.4 Å². The summed E-state index contributed by atoms with van der Waals surface area (Å²) in [7, 11) is 0. The van der Waals surface area contributed by atoms with Crippen molar-refractivity contribution >= 4 is 16.9 Å². The molecule has 4 heteroatoms. The van der Waals surface area contributed by atoms with Crippen LogP contribution in [-0.4, -0.2) is 11.9 Å². The second-order valence-electron chi connectivity index (χ2n) is 6.33. The van der Waals surface area contributed by atoms with Crippen molar-refractivity contribution in [2.24, 2.45) is 11.8 Å². The van der Waals surface area contributed by atoms with E-state index in [1.807, 2.05) is 12.1 Å². The first-order valence-corrected chi connectivity index (χ1v) is 7.90. The van der Waals surface area contributed by atoms with Crippen molar-refractivity contribution < 1.29 is 9.21 Å². The smallest absolute Gasteiger partial charge is 0.349 e. The van der Waals surface area contributed by atoms with Crippen molar-refractivity contribution in [3.63, 3.8) is 0 Å². The third kappa shape index (κ3) is 2.78. The predicted molar refractivity (Wildman–Crippen MR) is 85.9 cm³/mol. The third-order valence-electron chi connectivity index (χ3n) is 4.91. The lowest BCUT2D eigenvalue weighted by molar-refractivity contribution is 0.0887. The highest BCUT2D eigenvalue weighted by Crippen LogP contribution is 2.29. The van der Waals surface area contributed by atoms with E-state index in [2.05, 4.69) is 19.2 Å². The summed E-state index contributed by atoms with van der Waals surface area (Å²) >= 11 is 0. The van der Waals surface area contributed by atoms with E-state index in [0.717, 1.165) is 18.2 Å². The molecule has 0 radical (unpaired) electrons. The molecule has 1 fully saturated rings. The number of amides is 1. The Balaban J connectivity index is 1.86. The molecule has 1 N–H and O–H groups in total. The number of nitrogens with one attached hydrogen (secondary N) is 1. The summed E-state index contributed by atoms with van der Waals surface area (Å²) < 4.78 is 5.23. The average molecular weight is 299 g/mol. The molecule has 22 heavy (non-hydrogen) atoms. The van der Waals surface area contributed by atoms with Gasteiger partial charge in [0.05, 0.1) is 0 Å². The maximum atomic E-state index is 12.5. The molecule has 0 spiro atoms. The number of rotatable bonds is 2. The van der Waals surface area contributed by atoms with Crippen LogP contribution in [0.15, 0.2) is 39.5 Å². The van der Waals surface area contributed by atoms with E-state index in [9.17, 15) is 9.59 Å². The Labute approximate surface area is 129 Å². The zero-order chi connectivity index (χ0) is 15.7. The molecular formula is C18H21NO3. The fraction of sp³-hybridized carbons (Fsp3) is 0.444. The topological polar surface area (TPSA) is 59.3 Å². The molecule has 3 rings (SSSR count). The number of carbonyl (C=O) groups excluding carboxylic acids is 1. The van der Waals surface area contributed by atoms with Gasteiger partial charge in [-0.3, -0.25) is 4.79 Å². The van der Waals surface area contributed by atoms with E-state index in [-0.39, 0.29) is 17.5 Å². The maximum absolute atomic E-state index is 12.5. The van der Waals surface area contributed by atoms with Crippen molar-refractivity contribution in [1.29, 1.82) is 0 Å². The molecule has 116 valence electrons. The fourth-order valence-corrected chi connectivity index (χ4v) is 3.25. The molecule has 2 aromatic rings. The van der Waals surface area contributed by atoms with E-state index >= 15 is 0 Å². The highest BCUT2D eigenvalue weighted by atomic mass is 16.4. The van der Waals surface area contributed by atoms with E-state index in [1.165, 1.54) is 6.42 Å². The van der Waals surface area contributed by atoms with Crippen LogP contribution in [0.3, 0.4) is 0 Å². The van der Waals surface area contributed by atoms with Gasteiger partial charge in [-0.15, -0.1) is 0 Å².